The predicted molar refractivity (Wildman–Crippen MR) is 132 cm³/mol. The van der Waals surface area contributed by atoms with Gasteiger partial charge < -0.3 is 4.57 Å². The summed E-state index contributed by atoms with van der Waals surface area (Å²) in [6.07, 6.45) is 15.1. The summed E-state index contributed by atoms with van der Waals surface area (Å²) < 4.78 is 2.45. The molecule has 0 fully saturated rings. The minimum Gasteiger partial charge on any atom is -0.313 e. The van der Waals surface area contributed by atoms with Crippen LogP contribution in [0.2, 0.25) is 0 Å². The van der Waals surface area contributed by atoms with Crippen LogP contribution in [0.1, 0.15) is 56.5 Å². The predicted octanol–water partition coefficient (Wildman–Crippen LogP) is 8.15. The van der Waals surface area contributed by atoms with Crippen LogP contribution in [0.4, 0.5) is 0 Å². The van der Waals surface area contributed by atoms with Crippen LogP contribution >= 0.6 is 0 Å². The van der Waals surface area contributed by atoms with E-state index in [2.05, 4.69) is 90.9 Å². The third-order valence-electron chi connectivity index (χ3n) is 5.86. The van der Waals surface area contributed by atoms with E-state index < -0.39 is 0 Å². The van der Waals surface area contributed by atoms with Crippen molar-refractivity contribution >= 4 is 28.1 Å². The van der Waals surface area contributed by atoms with Gasteiger partial charge in [-0.2, -0.15) is 0 Å². The van der Waals surface area contributed by atoms with Gasteiger partial charge in [-0.1, -0.05) is 56.4 Å². The van der Waals surface area contributed by atoms with Crippen molar-refractivity contribution in [3.8, 4) is 5.69 Å². The zero-order valence-corrected chi connectivity index (χ0v) is 18.4. The lowest BCUT2D eigenvalue weighted by atomic mass is 9.99. The summed E-state index contributed by atoms with van der Waals surface area (Å²) in [6.45, 7) is 8.28. The molecule has 2 aliphatic rings. The van der Waals surface area contributed by atoms with Crippen molar-refractivity contribution in [2.45, 2.75) is 40.5 Å². The number of benzene rings is 2. The maximum atomic E-state index is 3.29. The minimum absolute atomic E-state index is 1.08. The number of fused-ring (bicyclic) bond motifs is 3. The van der Waals surface area contributed by atoms with Gasteiger partial charge in [0.05, 0.1) is 5.52 Å². The average Bonchev–Trinajstić information content (AvgIpc) is 3.46. The summed E-state index contributed by atoms with van der Waals surface area (Å²) in [4.78, 5) is 0. The van der Waals surface area contributed by atoms with Crippen molar-refractivity contribution in [1.29, 1.82) is 0 Å². The summed E-state index contributed by atoms with van der Waals surface area (Å²) in [5, 5.41) is 1.35. The SMILES string of the molecule is C/C=C(\C)c1ccc2c(c1)c1c(n2-c2ccc(C3=C=CC=C3)cc2)CCC=C1.CC. The van der Waals surface area contributed by atoms with Crippen molar-refractivity contribution in [2.75, 3.05) is 0 Å². The summed E-state index contributed by atoms with van der Waals surface area (Å²) >= 11 is 0. The Labute approximate surface area is 180 Å². The van der Waals surface area contributed by atoms with Gasteiger partial charge in [0.15, 0.2) is 0 Å². The molecule has 1 nitrogen and oxygen atoms in total. The first-order valence-corrected chi connectivity index (χ1v) is 11.0. The first kappa shape index (κ1) is 20.0. The van der Waals surface area contributed by atoms with Gasteiger partial charge in [-0.15, -0.1) is 5.73 Å². The van der Waals surface area contributed by atoms with E-state index in [1.165, 1.54) is 44.5 Å². The Hall–Kier alpha value is -3.28. The molecule has 0 bridgehead atoms. The Bertz CT molecular complexity index is 1230. The molecule has 0 radical (unpaired) electrons. The molecule has 5 rings (SSSR count). The van der Waals surface area contributed by atoms with Crippen molar-refractivity contribution < 1.29 is 0 Å². The first-order chi connectivity index (χ1) is 14.8. The number of aromatic nitrogens is 1. The second kappa shape index (κ2) is 8.61. The van der Waals surface area contributed by atoms with Crippen molar-refractivity contribution in [2.24, 2.45) is 0 Å². The van der Waals surface area contributed by atoms with E-state index >= 15 is 0 Å². The molecule has 0 amide bonds. The Balaban J connectivity index is 0.00000106. The third kappa shape index (κ3) is 3.43. The molecule has 0 saturated carbocycles. The molecular formula is C29H29N. The van der Waals surface area contributed by atoms with E-state index in [4.69, 9.17) is 0 Å². The third-order valence-corrected chi connectivity index (χ3v) is 5.86. The average molecular weight is 392 g/mol. The van der Waals surface area contributed by atoms with Crippen molar-refractivity contribution in [3.05, 3.63) is 101 Å². The number of nitrogens with zero attached hydrogens (tertiary/aromatic N) is 1. The topological polar surface area (TPSA) is 4.93 Å². The number of allylic oxidation sites excluding steroid dienone is 6. The summed E-state index contributed by atoms with van der Waals surface area (Å²) in [7, 11) is 0. The van der Waals surface area contributed by atoms with E-state index in [1.807, 2.05) is 26.0 Å². The van der Waals surface area contributed by atoms with Crippen LogP contribution in [0.3, 0.4) is 0 Å². The van der Waals surface area contributed by atoms with Gasteiger partial charge in [0.25, 0.3) is 0 Å². The highest BCUT2D eigenvalue weighted by Gasteiger charge is 2.19. The molecule has 1 aromatic heterocycles. The molecule has 0 spiro atoms. The molecule has 1 heteroatoms. The molecule has 150 valence electrons. The molecular weight excluding hydrogens is 362 g/mol. The lowest BCUT2D eigenvalue weighted by Gasteiger charge is -2.14. The van der Waals surface area contributed by atoms with E-state index in [1.54, 1.807) is 0 Å². The number of hydrogen-bond donors (Lipinski definition) is 0. The van der Waals surface area contributed by atoms with Crippen molar-refractivity contribution in [3.63, 3.8) is 0 Å². The van der Waals surface area contributed by atoms with Gasteiger partial charge >= 0.3 is 0 Å². The normalized spacial score (nSPS) is 14.5. The second-order valence-electron chi connectivity index (χ2n) is 7.47. The first-order valence-electron chi connectivity index (χ1n) is 11.0. The van der Waals surface area contributed by atoms with Gasteiger partial charge in [-0.25, -0.2) is 0 Å². The maximum Gasteiger partial charge on any atom is 0.0538 e. The highest BCUT2D eigenvalue weighted by atomic mass is 15.0. The molecule has 2 aromatic carbocycles. The molecule has 0 unspecified atom stereocenters. The molecule has 3 aromatic rings. The number of hydrogen-bond acceptors (Lipinski definition) is 0. The lowest BCUT2D eigenvalue weighted by Crippen LogP contribution is -2.03. The van der Waals surface area contributed by atoms with Gasteiger partial charge in [-0.05, 0) is 79.8 Å². The molecule has 30 heavy (non-hydrogen) atoms. The smallest absolute Gasteiger partial charge is 0.0538 e. The van der Waals surface area contributed by atoms with E-state index in [9.17, 15) is 0 Å². The standard InChI is InChI=1S/C27H23N.C2H6/c1-3-19(2)22-14-17-27-25(18-22)24-10-6-7-11-26(24)28(27)23-15-12-21(13-16-23)20-8-4-5-9-20;1-2/h3-6,8,10,12-18H,7,11H2,1-2H3;1-2H3/b19-3+;. The van der Waals surface area contributed by atoms with Gasteiger partial charge in [-0.3, -0.25) is 0 Å². The Kier molecular flexibility index (Phi) is 5.74. The second-order valence-corrected chi connectivity index (χ2v) is 7.47. The fraction of sp³-hybridized carbons (Fsp3) is 0.207. The molecule has 0 atom stereocenters. The van der Waals surface area contributed by atoms with Crippen LogP contribution in [-0.2, 0) is 6.42 Å². The van der Waals surface area contributed by atoms with Gasteiger partial charge in [0, 0.05) is 27.9 Å². The zero-order valence-electron chi connectivity index (χ0n) is 18.4. The molecule has 0 N–H and O–H groups in total. The molecule has 0 saturated heterocycles. The van der Waals surface area contributed by atoms with Crippen LogP contribution in [0.15, 0.2) is 78.6 Å². The van der Waals surface area contributed by atoms with Gasteiger partial charge in [0.1, 0.15) is 0 Å². The van der Waals surface area contributed by atoms with E-state index in [0.717, 1.165) is 18.4 Å². The summed E-state index contributed by atoms with van der Waals surface area (Å²) in [5.41, 5.74) is 13.6. The minimum atomic E-state index is 1.08. The van der Waals surface area contributed by atoms with E-state index in [0.29, 0.717) is 0 Å². The molecule has 1 heterocycles. The Morgan fingerprint density at radius 1 is 1.03 bits per heavy atom. The monoisotopic (exact) mass is 391 g/mol. The fourth-order valence-electron chi connectivity index (χ4n) is 4.23. The van der Waals surface area contributed by atoms with Gasteiger partial charge in [0.2, 0.25) is 0 Å². The Morgan fingerprint density at radius 3 is 2.53 bits per heavy atom. The maximum absolute atomic E-state index is 3.29. The van der Waals surface area contributed by atoms with Crippen molar-refractivity contribution in [1.82, 2.24) is 4.57 Å². The highest BCUT2D eigenvalue weighted by molar-refractivity contribution is 5.95. The summed E-state index contributed by atoms with van der Waals surface area (Å²) in [6, 6.07) is 15.8. The lowest BCUT2D eigenvalue weighted by molar-refractivity contribution is 0.888. The van der Waals surface area contributed by atoms with Crippen LogP contribution in [0.25, 0.3) is 33.8 Å². The largest absolute Gasteiger partial charge is 0.313 e. The number of rotatable bonds is 3. The van der Waals surface area contributed by atoms with Crippen LogP contribution < -0.4 is 0 Å². The van der Waals surface area contributed by atoms with E-state index in [-0.39, 0.29) is 0 Å². The van der Waals surface area contributed by atoms with Crippen LogP contribution in [0.5, 0.6) is 0 Å². The van der Waals surface area contributed by atoms with Crippen LogP contribution in [-0.4, -0.2) is 4.57 Å². The Morgan fingerprint density at radius 2 is 1.83 bits per heavy atom. The quantitative estimate of drug-likeness (QED) is 0.397. The zero-order chi connectivity index (χ0) is 21.1. The molecule has 0 aliphatic heterocycles. The highest BCUT2D eigenvalue weighted by Crippen LogP contribution is 2.35. The van der Waals surface area contributed by atoms with Crippen LogP contribution in [0, 0.1) is 0 Å². The fourth-order valence-corrected chi connectivity index (χ4v) is 4.23. The summed E-state index contributed by atoms with van der Waals surface area (Å²) in [5.74, 6) is 0. The molecule has 2 aliphatic carbocycles.